The summed E-state index contributed by atoms with van der Waals surface area (Å²) >= 11 is 0. The molecule has 0 aliphatic carbocycles. The fraction of sp³-hybridized carbons (Fsp3) is 0.125. The topological polar surface area (TPSA) is 99.3 Å². The van der Waals surface area contributed by atoms with Crippen molar-refractivity contribution in [1.82, 2.24) is 10.6 Å². The maximum absolute atomic E-state index is 12.6. The van der Waals surface area contributed by atoms with Gasteiger partial charge in [-0.15, -0.1) is 0 Å². The van der Waals surface area contributed by atoms with E-state index in [-0.39, 0.29) is 30.6 Å². The number of carbonyl (C=O) groups excluding carboxylic acids is 3. The maximum Gasteiger partial charge on any atom is 0.416 e. The minimum absolute atomic E-state index is 0.195. The van der Waals surface area contributed by atoms with Gasteiger partial charge in [0.15, 0.2) is 0 Å². The van der Waals surface area contributed by atoms with E-state index in [9.17, 15) is 27.6 Å². The van der Waals surface area contributed by atoms with Crippen LogP contribution in [0.5, 0.6) is 0 Å². The molecule has 176 valence electrons. The Hall–Kier alpha value is -4.34. The summed E-state index contributed by atoms with van der Waals surface area (Å²) in [5, 5.41) is 10.3. The highest BCUT2D eigenvalue weighted by molar-refractivity contribution is 6.00. The summed E-state index contributed by atoms with van der Waals surface area (Å²) in [6.07, 6.45) is -4.45. The molecule has 0 unspecified atom stereocenters. The molecule has 3 aromatic carbocycles. The summed E-state index contributed by atoms with van der Waals surface area (Å²) in [5.74, 6) is -0.588. The molecule has 0 heterocycles. The van der Waals surface area contributed by atoms with Crippen LogP contribution in [0.2, 0.25) is 0 Å². The van der Waals surface area contributed by atoms with Crippen LogP contribution in [-0.2, 0) is 6.18 Å². The van der Waals surface area contributed by atoms with Gasteiger partial charge in [-0.2, -0.15) is 13.2 Å². The van der Waals surface area contributed by atoms with Gasteiger partial charge in [0.2, 0.25) is 0 Å². The van der Waals surface area contributed by atoms with E-state index in [1.165, 1.54) is 24.3 Å². The summed E-state index contributed by atoms with van der Waals surface area (Å²) < 4.78 is 37.8. The van der Waals surface area contributed by atoms with Gasteiger partial charge in [0.1, 0.15) is 0 Å². The Morgan fingerprint density at radius 3 is 1.53 bits per heavy atom. The predicted octanol–water partition coefficient (Wildman–Crippen LogP) is 4.51. The van der Waals surface area contributed by atoms with E-state index >= 15 is 0 Å². The maximum atomic E-state index is 12.6. The van der Waals surface area contributed by atoms with Crippen LogP contribution in [-0.4, -0.2) is 30.9 Å². The average Bonchev–Trinajstić information content (AvgIpc) is 2.82. The zero-order valence-electron chi connectivity index (χ0n) is 17.8. The number of amides is 4. The molecule has 0 saturated heterocycles. The van der Waals surface area contributed by atoms with Crippen molar-refractivity contribution in [2.45, 2.75) is 6.18 Å². The van der Waals surface area contributed by atoms with Crippen LogP contribution in [0, 0.1) is 0 Å². The minimum Gasteiger partial charge on any atom is -0.350 e. The smallest absolute Gasteiger partial charge is 0.350 e. The first kappa shape index (κ1) is 24.3. The van der Waals surface area contributed by atoms with Crippen LogP contribution in [0.15, 0.2) is 78.9 Å². The molecule has 0 aliphatic rings. The molecule has 0 aliphatic heterocycles. The van der Waals surface area contributed by atoms with Gasteiger partial charge in [-0.1, -0.05) is 18.2 Å². The molecule has 3 aromatic rings. The van der Waals surface area contributed by atoms with E-state index in [1.54, 1.807) is 24.3 Å². The standard InChI is InChI=1S/C24H21F3N4O3/c25-24(26,27)18-8-12-20(13-9-18)31-23(34)30-19-10-6-17(7-11-19)22(33)29-15-14-28-21(32)16-4-2-1-3-5-16/h1-13H,14-15H2,(H,28,32)(H,29,33)(H2,30,31,34). The number of nitrogens with one attached hydrogen (secondary N) is 4. The lowest BCUT2D eigenvalue weighted by molar-refractivity contribution is -0.137. The van der Waals surface area contributed by atoms with Crippen molar-refractivity contribution in [3.8, 4) is 0 Å². The van der Waals surface area contributed by atoms with Gasteiger partial charge in [-0.25, -0.2) is 4.79 Å². The summed E-state index contributed by atoms with van der Waals surface area (Å²) in [7, 11) is 0. The number of hydrogen-bond donors (Lipinski definition) is 4. The molecule has 0 aromatic heterocycles. The normalized spacial score (nSPS) is 10.8. The van der Waals surface area contributed by atoms with Crippen molar-refractivity contribution in [2.24, 2.45) is 0 Å². The fourth-order valence-electron chi connectivity index (χ4n) is 2.89. The average molecular weight is 470 g/mol. The Kier molecular flexibility index (Phi) is 7.86. The molecule has 4 N–H and O–H groups in total. The van der Waals surface area contributed by atoms with Gasteiger partial charge < -0.3 is 21.3 Å². The Labute approximate surface area is 193 Å². The molecular weight excluding hydrogens is 449 g/mol. The number of carbonyl (C=O) groups is 3. The molecule has 0 radical (unpaired) electrons. The number of hydrogen-bond acceptors (Lipinski definition) is 3. The van der Waals surface area contributed by atoms with Gasteiger partial charge in [0.05, 0.1) is 5.56 Å². The van der Waals surface area contributed by atoms with Crippen molar-refractivity contribution in [1.29, 1.82) is 0 Å². The molecule has 7 nitrogen and oxygen atoms in total. The minimum atomic E-state index is -4.45. The summed E-state index contributed by atoms with van der Waals surface area (Å²) in [4.78, 5) is 36.2. The van der Waals surface area contributed by atoms with Crippen molar-refractivity contribution in [3.63, 3.8) is 0 Å². The molecule has 0 atom stereocenters. The van der Waals surface area contributed by atoms with Crippen molar-refractivity contribution < 1.29 is 27.6 Å². The SMILES string of the molecule is O=C(Nc1ccc(C(=O)NCCNC(=O)c2ccccc2)cc1)Nc1ccc(C(F)(F)F)cc1. The van der Waals surface area contributed by atoms with E-state index in [0.717, 1.165) is 24.3 Å². The molecule has 0 spiro atoms. The highest BCUT2D eigenvalue weighted by Gasteiger charge is 2.30. The van der Waals surface area contributed by atoms with Crippen molar-refractivity contribution >= 4 is 29.2 Å². The Balaban J connectivity index is 1.42. The number of benzene rings is 3. The van der Waals surface area contributed by atoms with Gasteiger partial charge in [-0.05, 0) is 60.7 Å². The van der Waals surface area contributed by atoms with Gasteiger partial charge in [0, 0.05) is 35.6 Å². The van der Waals surface area contributed by atoms with Gasteiger partial charge in [-0.3, -0.25) is 9.59 Å². The monoisotopic (exact) mass is 470 g/mol. The largest absolute Gasteiger partial charge is 0.416 e. The second-order valence-electron chi connectivity index (χ2n) is 7.11. The fourth-order valence-corrected chi connectivity index (χ4v) is 2.89. The number of anilines is 2. The van der Waals surface area contributed by atoms with Crippen LogP contribution in [0.3, 0.4) is 0 Å². The molecule has 0 fully saturated rings. The van der Waals surface area contributed by atoms with Gasteiger partial charge in [0.25, 0.3) is 11.8 Å². The molecular formula is C24H21F3N4O3. The second kappa shape index (κ2) is 11.0. The van der Waals surface area contributed by atoms with Crippen LogP contribution in [0.1, 0.15) is 26.3 Å². The highest BCUT2D eigenvalue weighted by Crippen LogP contribution is 2.29. The Bertz CT molecular complexity index is 1130. The van der Waals surface area contributed by atoms with E-state index in [4.69, 9.17) is 0 Å². The Morgan fingerprint density at radius 1 is 0.618 bits per heavy atom. The van der Waals surface area contributed by atoms with Crippen LogP contribution >= 0.6 is 0 Å². The Morgan fingerprint density at radius 2 is 1.06 bits per heavy atom. The van der Waals surface area contributed by atoms with E-state index in [1.807, 2.05) is 6.07 Å². The number of rotatable bonds is 7. The van der Waals surface area contributed by atoms with Crippen molar-refractivity contribution in [2.75, 3.05) is 23.7 Å². The third-order valence-electron chi connectivity index (χ3n) is 4.61. The van der Waals surface area contributed by atoms with Crippen LogP contribution in [0.4, 0.5) is 29.3 Å². The third kappa shape index (κ3) is 7.09. The molecule has 34 heavy (non-hydrogen) atoms. The zero-order chi connectivity index (χ0) is 24.6. The number of urea groups is 1. The highest BCUT2D eigenvalue weighted by atomic mass is 19.4. The second-order valence-corrected chi connectivity index (χ2v) is 7.11. The van der Waals surface area contributed by atoms with Gasteiger partial charge >= 0.3 is 12.2 Å². The molecule has 4 amide bonds. The lowest BCUT2D eigenvalue weighted by Crippen LogP contribution is -2.34. The molecule has 3 rings (SSSR count). The lowest BCUT2D eigenvalue weighted by atomic mass is 10.2. The van der Waals surface area contributed by atoms with Crippen LogP contribution in [0.25, 0.3) is 0 Å². The number of alkyl halides is 3. The summed E-state index contributed by atoms with van der Waals surface area (Å²) in [6, 6.07) is 18.1. The first-order valence-electron chi connectivity index (χ1n) is 10.2. The van der Waals surface area contributed by atoms with E-state index in [0.29, 0.717) is 16.8 Å². The molecule has 0 bridgehead atoms. The molecule has 0 saturated carbocycles. The zero-order valence-corrected chi connectivity index (χ0v) is 17.8. The van der Waals surface area contributed by atoms with Crippen molar-refractivity contribution in [3.05, 3.63) is 95.6 Å². The predicted molar refractivity (Wildman–Crippen MR) is 122 cm³/mol. The quantitative estimate of drug-likeness (QED) is 0.383. The van der Waals surface area contributed by atoms with E-state index in [2.05, 4.69) is 21.3 Å². The lowest BCUT2D eigenvalue weighted by Gasteiger charge is -2.10. The number of halogens is 3. The molecule has 10 heteroatoms. The first-order valence-corrected chi connectivity index (χ1v) is 10.2. The van der Waals surface area contributed by atoms with Crippen LogP contribution < -0.4 is 21.3 Å². The first-order chi connectivity index (χ1) is 16.2. The summed E-state index contributed by atoms with van der Waals surface area (Å²) in [6.45, 7) is 0.482. The third-order valence-corrected chi connectivity index (χ3v) is 4.61. The summed E-state index contributed by atoms with van der Waals surface area (Å²) in [5.41, 5.74) is 0.644. The van der Waals surface area contributed by atoms with E-state index < -0.39 is 17.8 Å².